The number of benzene rings is 1. The zero-order valence-electron chi connectivity index (χ0n) is 14.7. The third-order valence-electron chi connectivity index (χ3n) is 3.72. The van der Waals surface area contributed by atoms with Crippen molar-refractivity contribution < 1.29 is 14.3 Å². The molecule has 136 valence electrons. The number of amides is 2. The highest BCUT2D eigenvalue weighted by Crippen LogP contribution is 2.17. The maximum atomic E-state index is 12.4. The van der Waals surface area contributed by atoms with Crippen molar-refractivity contribution in [3.05, 3.63) is 83.9 Å². The van der Waals surface area contributed by atoms with Crippen LogP contribution in [0.25, 0.3) is 0 Å². The van der Waals surface area contributed by atoms with E-state index in [1.807, 2.05) is 6.07 Å². The van der Waals surface area contributed by atoms with Gasteiger partial charge in [-0.15, -0.1) is 0 Å². The normalized spacial score (nSPS) is 10.1. The first-order chi connectivity index (χ1) is 13.2. The highest BCUT2D eigenvalue weighted by Gasteiger charge is 2.13. The standard InChI is InChI=1S/C20H18N4O3/c1-27-16-7-2-6-15(11-16)23-20(26)18-9-3-8-17(24-18)19(25)22-13-14-5-4-10-21-12-14/h2-12H,13H2,1H3,(H,22,25)(H,23,26). The maximum absolute atomic E-state index is 12.4. The first-order valence-electron chi connectivity index (χ1n) is 8.25. The number of nitrogens with one attached hydrogen (secondary N) is 2. The van der Waals surface area contributed by atoms with Crippen LogP contribution < -0.4 is 15.4 Å². The third-order valence-corrected chi connectivity index (χ3v) is 3.72. The van der Waals surface area contributed by atoms with Crippen LogP contribution in [0.4, 0.5) is 5.69 Å². The molecule has 2 N–H and O–H groups in total. The molecule has 3 rings (SSSR count). The number of hydrogen-bond donors (Lipinski definition) is 2. The lowest BCUT2D eigenvalue weighted by molar-refractivity contribution is 0.0945. The summed E-state index contributed by atoms with van der Waals surface area (Å²) >= 11 is 0. The van der Waals surface area contributed by atoms with Gasteiger partial charge in [0, 0.05) is 30.7 Å². The van der Waals surface area contributed by atoms with Gasteiger partial charge in [-0.05, 0) is 35.9 Å². The van der Waals surface area contributed by atoms with Gasteiger partial charge in [0.25, 0.3) is 11.8 Å². The van der Waals surface area contributed by atoms with Crippen molar-refractivity contribution in [3.63, 3.8) is 0 Å². The van der Waals surface area contributed by atoms with Crippen LogP contribution in [0.3, 0.4) is 0 Å². The number of methoxy groups -OCH3 is 1. The molecule has 0 fully saturated rings. The molecule has 0 aliphatic rings. The number of pyridine rings is 2. The van der Waals surface area contributed by atoms with E-state index in [4.69, 9.17) is 4.74 Å². The molecule has 2 amide bonds. The summed E-state index contributed by atoms with van der Waals surface area (Å²) in [5.74, 6) is -0.149. The van der Waals surface area contributed by atoms with Crippen LogP contribution in [-0.4, -0.2) is 28.9 Å². The largest absolute Gasteiger partial charge is 0.497 e. The zero-order chi connectivity index (χ0) is 19.1. The number of hydrogen-bond acceptors (Lipinski definition) is 5. The van der Waals surface area contributed by atoms with Crippen molar-refractivity contribution in [1.82, 2.24) is 15.3 Å². The Morgan fingerprint density at radius 1 is 1.00 bits per heavy atom. The lowest BCUT2D eigenvalue weighted by Crippen LogP contribution is -2.25. The van der Waals surface area contributed by atoms with Gasteiger partial charge in [0.2, 0.25) is 0 Å². The molecule has 7 heteroatoms. The second kappa shape index (κ2) is 8.57. The quantitative estimate of drug-likeness (QED) is 0.703. The van der Waals surface area contributed by atoms with Crippen LogP contribution in [0, 0.1) is 0 Å². The minimum atomic E-state index is -0.412. The predicted molar refractivity (Wildman–Crippen MR) is 101 cm³/mol. The topological polar surface area (TPSA) is 93.2 Å². The molecule has 7 nitrogen and oxygen atoms in total. The van der Waals surface area contributed by atoms with Crippen molar-refractivity contribution in [2.24, 2.45) is 0 Å². The zero-order valence-corrected chi connectivity index (χ0v) is 14.7. The van der Waals surface area contributed by atoms with Crippen LogP contribution in [0.2, 0.25) is 0 Å². The molecule has 0 unspecified atom stereocenters. The summed E-state index contributed by atoms with van der Waals surface area (Å²) < 4.78 is 5.13. The van der Waals surface area contributed by atoms with E-state index in [-0.39, 0.29) is 17.3 Å². The predicted octanol–water partition coefficient (Wildman–Crippen LogP) is 2.67. The number of aromatic nitrogens is 2. The van der Waals surface area contributed by atoms with Gasteiger partial charge in [-0.3, -0.25) is 14.6 Å². The molecule has 2 heterocycles. The van der Waals surface area contributed by atoms with E-state index in [2.05, 4.69) is 20.6 Å². The summed E-state index contributed by atoms with van der Waals surface area (Å²) in [6.07, 6.45) is 3.34. The van der Waals surface area contributed by atoms with E-state index in [9.17, 15) is 9.59 Å². The molecule has 0 atom stereocenters. The smallest absolute Gasteiger partial charge is 0.274 e. The summed E-state index contributed by atoms with van der Waals surface area (Å²) in [5.41, 5.74) is 1.76. The molecule has 27 heavy (non-hydrogen) atoms. The molecule has 0 radical (unpaired) electrons. The number of carbonyl (C=O) groups is 2. The van der Waals surface area contributed by atoms with Crippen LogP contribution in [0.1, 0.15) is 26.5 Å². The van der Waals surface area contributed by atoms with Gasteiger partial charge in [-0.1, -0.05) is 18.2 Å². The van der Waals surface area contributed by atoms with E-state index in [0.29, 0.717) is 18.0 Å². The van der Waals surface area contributed by atoms with Crippen molar-refractivity contribution >= 4 is 17.5 Å². The van der Waals surface area contributed by atoms with Crippen molar-refractivity contribution in [3.8, 4) is 5.75 Å². The van der Waals surface area contributed by atoms with Crippen LogP contribution in [0.15, 0.2) is 67.0 Å². The molecule has 3 aromatic rings. The summed E-state index contributed by atoms with van der Waals surface area (Å²) in [5, 5.41) is 5.49. The molecule has 0 saturated heterocycles. The number of ether oxygens (including phenoxy) is 1. The molecule has 0 aliphatic carbocycles. The molecular formula is C20H18N4O3. The van der Waals surface area contributed by atoms with Gasteiger partial charge in [-0.2, -0.15) is 0 Å². The Morgan fingerprint density at radius 2 is 1.78 bits per heavy atom. The van der Waals surface area contributed by atoms with Gasteiger partial charge >= 0.3 is 0 Å². The van der Waals surface area contributed by atoms with E-state index in [1.54, 1.807) is 68.0 Å². The number of rotatable bonds is 6. The SMILES string of the molecule is COc1cccc(NC(=O)c2cccc(C(=O)NCc3cccnc3)n2)c1. The van der Waals surface area contributed by atoms with Crippen LogP contribution in [0.5, 0.6) is 5.75 Å². The van der Waals surface area contributed by atoms with Gasteiger partial charge < -0.3 is 15.4 Å². The van der Waals surface area contributed by atoms with Crippen molar-refractivity contribution in [2.75, 3.05) is 12.4 Å². The first-order valence-corrected chi connectivity index (χ1v) is 8.25. The number of anilines is 1. The number of nitrogens with zero attached hydrogens (tertiary/aromatic N) is 2. The first kappa shape index (κ1) is 18.1. The molecule has 2 aromatic heterocycles. The van der Waals surface area contributed by atoms with E-state index >= 15 is 0 Å². The highest BCUT2D eigenvalue weighted by molar-refractivity contribution is 6.03. The molecule has 0 bridgehead atoms. The highest BCUT2D eigenvalue weighted by atomic mass is 16.5. The van der Waals surface area contributed by atoms with Gasteiger partial charge in [-0.25, -0.2) is 4.98 Å². The summed E-state index contributed by atoms with van der Waals surface area (Å²) in [6.45, 7) is 0.328. The minimum absolute atomic E-state index is 0.145. The van der Waals surface area contributed by atoms with Gasteiger partial charge in [0.15, 0.2) is 0 Å². The summed E-state index contributed by atoms with van der Waals surface area (Å²) in [6, 6.07) is 15.4. The second-order valence-corrected chi connectivity index (χ2v) is 5.64. The Hall–Kier alpha value is -3.74. The summed E-state index contributed by atoms with van der Waals surface area (Å²) in [7, 11) is 1.55. The summed E-state index contributed by atoms with van der Waals surface area (Å²) in [4.78, 5) is 32.9. The Kier molecular flexibility index (Phi) is 5.73. The van der Waals surface area contributed by atoms with Crippen molar-refractivity contribution in [1.29, 1.82) is 0 Å². The van der Waals surface area contributed by atoms with Gasteiger partial charge in [0.1, 0.15) is 17.1 Å². The lowest BCUT2D eigenvalue weighted by atomic mass is 10.2. The molecule has 1 aromatic carbocycles. The van der Waals surface area contributed by atoms with E-state index < -0.39 is 5.91 Å². The average Bonchev–Trinajstić information content (AvgIpc) is 2.73. The van der Waals surface area contributed by atoms with Gasteiger partial charge in [0.05, 0.1) is 7.11 Å². The average molecular weight is 362 g/mol. The fourth-order valence-electron chi connectivity index (χ4n) is 2.36. The number of carbonyl (C=O) groups excluding carboxylic acids is 2. The lowest BCUT2D eigenvalue weighted by Gasteiger charge is -2.08. The van der Waals surface area contributed by atoms with Crippen molar-refractivity contribution in [2.45, 2.75) is 6.54 Å². The fourth-order valence-corrected chi connectivity index (χ4v) is 2.36. The fraction of sp³-hybridized carbons (Fsp3) is 0.100. The molecule has 0 aliphatic heterocycles. The molecule has 0 spiro atoms. The van der Waals surface area contributed by atoms with Crippen LogP contribution in [-0.2, 0) is 6.54 Å². The Labute approximate surface area is 156 Å². The van der Waals surface area contributed by atoms with Crippen LogP contribution >= 0.6 is 0 Å². The molecular weight excluding hydrogens is 344 g/mol. The second-order valence-electron chi connectivity index (χ2n) is 5.64. The minimum Gasteiger partial charge on any atom is -0.497 e. The Balaban J connectivity index is 1.66. The maximum Gasteiger partial charge on any atom is 0.274 e. The Morgan fingerprint density at radius 3 is 2.52 bits per heavy atom. The molecule has 0 saturated carbocycles. The van der Waals surface area contributed by atoms with E-state index in [0.717, 1.165) is 5.56 Å². The monoisotopic (exact) mass is 362 g/mol. The van der Waals surface area contributed by atoms with E-state index in [1.165, 1.54) is 0 Å². The third kappa shape index (κ3) is 4.88. The Bertz CT molecular complexity index is 945.